The van der Waals surface area contributed by atoms with Gasteiger partial charge in [-0.25, -0.2) is 4.79 Å². The minimum atomic E-state index is -2.87. The van der Waals surface area contributed by atoms with Crippen LogP contribution >= 0.6 is 8.18 Å². The first-order chi connectivity index (χ1) is 9.61. The molecular weight excluding hydrogens is 279 g/mol. The second-order valence-electron chi connectivity index (χ2n) is 3.96. The van der Waals surface area contributed by atoms with Crippen molar-refractivity contribution in [2.45, 2.75) is 6.04 Å². The van der Waals surface area contributed by atoms with Crippen molar-refractivity contribution >= 4 is 19.8 Å². The minimum Gasteiger partial charge on any atom is -0.479 e. The lowest BCUT2D eigenvalue weighted by molar-refractivity contribution is -0.138. The van der Waals surface area contributed by atoms with E-state index in [1.165, 1.54) is 18.5 Å². The van der Waals surface area contributed by atoms with Gasteiger partial charge in [0.15, 0.2) is 6.04 Å². The highest BCUT2D eigenvalue weighted by Gasteiger charge is 2.40. The van der Waals surface area contributed by atoms with Crippen LogP contribution in [0.15, 0.2) is 54.9 Å². The lowest BCUT2D eigenvalue weighted by Gasteiger charge is -2.18. The van der Waals surface area contributed by atoms with E-state index in [2.05, 4.69) is 4.98 Å². The van der Waals surface area contributed by atoms with Gasteiger partial charge in [0, 0.05) is 6.20 Å². The number of pyridine rings is 1. The van der Waals surface area contributed by atoms with Crippen LogP contribution in [-0.4, -0.2) is 21.0 Å². The molecule has 1 aromatic heterocycles. The van der Waals surface area contributed by atoms with E-state index in [0.717, 1.165) is 4.67 Å². The van der Waals surface area contributed by atoms with Gasteiger partial charge in [-0.2, -0.15) is 0 Å². The van der Waals surface area contributed by atoms with Crippen LogP contribution in [-0.2, 0) is 9.36 Å². The summed E-state index contributed by atoms with van der Waals surface area (Å²) >= 11 is 0. The Hall–Kier alpha value is -2.30. The average molecular weight is 291 g/mol. The number of hydrogen-bond acceptors (Lipinski definition) is 3. The molecule has 0 aliphatic heterocycles. The monoisotopic (exact) mass is 291 g/mol. The molecule has 20 heavy (non-hydrogen) atoms. The molecule has 0 saturated carbocycles. The highest BCUT2D eigenvalue weighted by atomic mass is 31.1. The van der Waals surface area contributed by atoms with E-state index in [1.54, 1.807) is 36.4 Å². The fourth-order valence-corrected chi connectivity index (χ4v) is 2.61. The maximum atomic E-state index is 11.6. The molecule has 0 aliphatic rings. The Kier molecular flexibility index (Phi) is 4.40. The molecule has 0 saturated heterocycles. The second kappa shape index (κ2) is 6.23. The van der Waals surface area contributed by atoms with E-state index < -0.39 is 20.2 Å². The van der Waals surface area contributed by atoms with Crippen LogP contribution in [0.4, 0.5) is 5.69 Å². The maximum Gasteiger partial charge on any atom is 0.644 e. The van der Waals surface area contributed by atoms with Crippen molar-refractivity contribution in [3.8, 4) is 0 Å². The highest BCUT2D eigenvalue weighted by molar-refractivity contribution is 7.40. The SMILES string of the molecule is O=C(O)C(c1ccccc1)N(c1cccnc1)[P+](=O)O. The van der Waals surface area contributed by atoms with Gasteiger partial charge >= 0.3 is 14.1 Å². The zero-order valence-corrected chi connectivity index (χ0v) is 11.2. The van der Waals surface area contributed by atoms with E-state index >= 15 is 0 Å². The largest absolute Gasteiger partial charge is 0.644 e. The number of aliphatic carboxylic acids is 1. The third-order valence-electron chi connectivity index (χ3n) is 2.69. The molecule has 102 valence electrons. The third-order valence-corrected chi connectivity index (χ3v) is 3.52. The predicted molar refractivity (Wildman–Crippen MR) is 73.4 cm³/mol. The van der Waals surface area contributed by atoms with Crippen molar-refractivity contribution in [2.75, 3.05) is 4.67 Å². The summed E-state index contributed by atoms with van der Waals surface area (Å²) < 4.78 is 12.5. The first-order valence-electron chi connectivity index (χ1n) is 5.74. The van der Waals surface area contributed by atoms with E-state index in [9.17, 15) is 19.4 Å². The first-order valence-corrected chi connectivity index (χ1v) is 6.91. The van der Waals surface area contributed by atoms with Gasteiger partial charge in [0.05, 0.1) is 6.20 Å². The van der Waals surface area contributed by atoms with Gasteiger partial charge in [0.1, 0.15) is 5.69 Å². The summed E-state index contributed by atoms with van der Waals surface area (Å²) in [5.74, 6) is -1.21. The van der Waals surface area contributed by atoms with Gasteiger partial charge in [0.25, 0.3) is 0 Å². The van der Waals surface area contributed by atoms with Crippen molar-refractivity contribution in [3.05, 3.63) is 60.4 Å². The Morgan fingerprint density at radius 3 is 2.40 bits per heavy atom. The van der Waals surface area contributed by atoms with Gasteiger partial charge in [0.2, 0.25) is 0 Å². The fraction of sp³-hybridized carbons (Fsp3) is 0.0769. The van der Waals surface area contributed by atoms with E-state index in [1.807, 2.05) is 0 Å². The molecule has 1 heterocycles. The van der Waals surface area contributed by atoms with Crippen LogP contribution in [0.5, 0.6) is 0 Å². The van der Waals surface area contributed by atoms with Crippen LogP contribution in [0.1, 0.15) is 11.6 Å². The summed E-state index contributed by atoms with van der Waals surface area (Å²) in [5.41, 5.74) is 0.689. The maximum absolute atomic E-state index is 11.6. The molecule has 6 nitrogen and oxygen atoms in total. The van der Waals surface area contributed by atoms with Crippen LogP contribution in [0, 0.1) is 0 Å². The van der Waals surface area contributed by atoms with Crippen molar-refractivity contribution in [1.82, 2.24) is 4.98 Å². The van der Waals surface area contributed by atoms with E-state index in [-0.39, 0.29) is 5.69 Å². The van der Waals surface area contributed by atoms with Crippen molar-refractivity contribution in [2.24, 2.45) is 0 Å². The zero-order valence-electron chi connectivity index (χ0n) is 10.3. The predicted octanol–water partition coefficient (Wildman–Crippen LogP) is 2.36. The summed E-state index contributed by atoms with van der Waals surface area (Å²) in [6.07, 6.45) is 2.85. The molecule has 2 unspecified atom stereocenters. The van der Waals surface area contributed by atoms with Gasteiger partial charge in [-0.1, -0.05) is 30.3 Å². The van der Waals surface area contributed by atoms with E-state index in [4.69, 9.17) is 0 Å². The van der Waals surface area contributed by atoms with Crippen molar-refractivity contribution < 1.29 is 19.4 Å². The van der Waals surface area contributed by atoms with Crippen molar-refractivity contribution in [1.29, 1.82) is 0 Å². The lowest BCUT2D eigenvalue weighted by Crippen LogP contribution is -2.28. The van der Waals surface area contributed by atoms with Gasteiger partial charge in [-0.05, 0) is 22.3 Å². The first kappa shape index (κ1) is 14.1. The number of hydrogen-bond donors (Lipinski definition) is 2. The number of carboxylic acids is 1. The molecule has 0 spiro atoms. The lowest BCUT2D eigenvalue weighted by atomic mass is 10.1. The highest BCUT2D eigenvalue weighted by Crippen LogP contribution is 2.38. The average Bonchev–Trinajstić information content (AvgIpc) is 2.45. The second-order valence-corrected chi connectivity index (χ2v) is 4.90. The van der Waals surface area contributed by atoms with Crippen LogP contribution in [0.3, 0.4) is 0 Å². The standard InChI is InChI=1S/C13H11N2O4P/c16-13(17)12(10-5-2-1-3-6-10)15(20(18)19)11-7-4-8-14-9-11/h1-9,12H,(H-,16,17,18,19)/p+1. The minimum absolute atomic E-state index is 0.271. The number of benzene rings is 1. The molecule has 0 bridgehead atoms. The van der Waals surface area contributed by atoms with Gasteiger partial charge < -0.3 is 5.11 Å². The fourth-order valence-electron chi connectivity index (χ4n) is 1.86. The molecule has 0 aliphatic carbocycles. The quantitative estimate of drug-likeness (QED) is 0.822. The smallest absolute Gasteiger partial charge is 0.479 e. The number of anilines is 1. The molecule has 0 fully saturated rings. The summed E-state index contributed by atoms with van der Waals surface area (Å²) in [6.45, 7) is 0. The Labute approximate surface area is 116 Å². The topological polar surface area (TPSA) is 90.7 Å². The summed E-state index contributed by atoms with van der Waals surface area (Å²) in [6, 6.07) is 10.2. The van der Waals surface area contributed by atoms with Crippen LogP contribution in [0.25, 0.3) is 0 Å². The Bertz CT molecular complexity index is 551. The summed E-state index contributed by atoms with van der Waals surface area (Å²) in [5, 5.41) is 9.41. The number of rotatable bonds is 5. The molecule has 2 aromatic rings. The van der Waals surface area contributed by atoms with Gasteiger partial charge in [-0.3, -0.25) is 4.98 Å². The van der Waals surface area contributed by atoms with Gasteiger partial charge in [-0.15, -0.1) is 9.56 Å². The molecule has 1 aromatic carbocycles. The van der Waals surface area contributed by atoms with E-state index in [0.29, 0.717) is 5.56 Å². The molecular formula is C13H12N2O4P+. The molecule has 2 N–H and O–H groups in total. The van der Waals surface area contributed by atoms with Crippen LogP contribution in [0.2, 0.25) is 0 Å². The number of nitrogens with zero attached hydrogens (tertiary/aromatic N) is 2. The molecule has 0 radical (unpaired) electrons. The Morgan fingerprint density at radius 2 is 1.90 bits per heavy atom. The summed E-state index contributed by atoms with van der Waals surface area (Å²) in [7, 11) is -2.87. The zero-order chi connectivity index (χ0) is 14.5. The van der Waals surface area contributed by atoms with Crippen molar-refractivity contribution in [3.63, 3.8) is 0 Å². The normalized spacial score (nSPS) is 12.6. The molecule has 2 atom stereocenters. The third kappa shape index (κ3) is 2.99. The molecule has 7 heteroatoms. The Morgan fingerprint density at radius 1 is 1.20 bits per heavy atom. The summed E-state index contributed by atoms with van der Waals surface area (Å²) in [4.78, 5) is 24.9. The molecule has 2 rings (SSSR count). The number of aromatic nitrogens is 1. The molecule has 0 amide bonds. The number of carboxylic acid groups (broad SMARTS) is 1. The number of carbonyl (C=O) groups is 1. The van der Waals surface area contributed by atoms with Crippen LogP contribution < -0.4 is 4.67 Å². The Balaban J connectivity index is 2.50.